The van der Waals surface area contributed by atoms with E-state index in [1.165, 1.54) is 18.4 Å². The molecule has 0 aliphatic heterocycles. The molecule has 0 aromatic heterocycles. The minimum atomic E-state index is 0.154. The lowest BCUT2D eigenvalue weighted by Crippen LogP contribution is -2.12. The number of hydrogen-bond acceptors (Lipinski definition) is 3. The number of rotatable bonds is 4. The molecule has 0 heterocycles. The summed E-state index contributed by atoms with van der Waals surface area (Å²) in [6, 6.07) is 15.4. The first-order valence-corrected chi connectivity index (χ1v) is 6.64. The number of phenolic OH excluding ortho intramolecular Hbond substituents is 1. The van der Waals surface area contributed by atoms with Gasteiger partial charge in [0.25, 0.3) is 0 Å². The Hall–Kier alpha value is -2.00. The van der Waals surface area contributed by atoms with Crippen LogP contribution in [0.1, 0.15) is 24.4 Å². The summed E-state index contributed by atoms with van der Waals surface area (Å²) in [6.45, 7) is 0. The van der Waals surface area contributed by atoms with E-state index < -0.39 is 0 Å². The first-order valence-electron chi connectivity index (χ1n) is 6.64. The van der Waals surface area contributed by atoms with Crippen molar-refractivity contribution in [2.45, 2.75) is 18.9 Å². The second kappa shape index (κ2) is 4.94. The highest BCUT2D eigenvalue weighted by Gasteiger charge is 2.29. The molecule has 1 saturated carbocycles. The second-order valence-corrected chi connectivity index (χ2v) is 5.16. The van der Waals surface area contributed by atoms with E-state index in [2.05, 4.69) is 17.4 Å². The van der Waals surface area contributed by atoms with Crippen LogP contribution in [-0.2, 0) is 0 Å². The van der Waals surface area contributed by atoms with Crippen molar-refractivity contribution >= 4 is 11.4 Å². The Balaban J connectivity index is 1.77. The molecule has 1 aliphatic carbocycles. The molecule has 1 fully saturated rings. The summed E-state index contributed by atoms with van der Waals surface area (Å²) in [5, 5.41) is 12.6. The molecule has 98 valence electrons. The lowest BCUT2D eigenvalue weighted by molar-refractivity contribution is 0.475. The van der Waals surface area contributed by atoms with Gasteiger partial charge in [-0.25, -0.2) is 0 Å². The van der Waals surface area contributed by atoms with Crippen molar-refractivity contribution in [3.63, 3.8) is 0 Å². The van der Waals surface area contributed by atoms with Crippen molar-refractivity contribution < 1.29 is 5.11 Å². The van der Waals surface area contributed by atoms with Gasteiger partial charge in [0.05, 0.1) is 0 Å². The molecule has 4 N–H and O–H groups in total. The summed E-state index contributed by atoms with van der Waals surface area (Å²) in [5.74, 6) is 0.930. The number of benzene rings is 2. The fraction of sp³-hybridized carbons (Fsp3) is 0.250. The van der Waals surface area contributed by atoms with Crippen molar-refractivity contribution in [3.8, 4) is 5.75 Å². The van der Waals surface area contributed by atoms with Gasteiger partial charge in [-0.1, -0.05) is 12.1 Å². The number of nitrogens with two attached hydrogens (primary N) is 1. The van der Waals surface area contributed by atoms with Gasteiger partial charge in [-0.15, -0.1) is 0 Å². The molecule has 1 atom stereocenters. The Morgan fingerprint density at radius 2 is 1.79 bits per heavy atom. The highest BCUT2D eigenvalue weighted by molar-refractivity contribution is 5.61. The van der Waals surface area contributed by atoms with Gasteiger partial charge in [0.1, 0.15) is 5.75 Å². The zero-order chi connectivity index (χ0) is 13.2. The third-order valence-corrected chi connectivity index (χ3v) is 3.56. The summed E-state index contributed by atoms with van der Waals surface area (Å²) in [4.78, 5) is 0. The third-order valence-electron chi connectivity index (χ3n) is 3.56. The van der Waals surface area contributed by atoms with Crippen LogP contribution >= 0.6 is 0 Å². The Labute approximate surface area is 113 Å². The van der Waals surface area contributed by atoms with Gasteiger partial charge in [-0.2, -0.15) is 0 Å². The maximum atomic E-state index is 9.26. The monoisotopic (exact) mass is 254 g/mol. The first kappa shape index (κ1) is 12.1. The predicted molar refractivity (Wildman–Crippen MR) is 77.5 cm³/mol. The van der Waals surface area contributed by atoms with Crippen LogP contribution in [0, 0.1) is 5.92 Å². The molecule has 0 unspecified atom stereocenters. The van der Waals surface area contributed by atoms with Gasteiger partial charge in [0, 0.05) is 17.4 Å². The minimum absolute atomic E-state index is 0.154. The molecule has 0 amide bonds. The summed E-state index contributed by atoms with van der Waals surface area (Å²) in [6.07, 6.45) is 2.49. The Morgan fingerprint density at radius 3 is 2.47 bits per heavy atom. The molecule has 3 nitrogen and oxygen atoms in total. The van der Waals surface area contributed by atoms with Crippen LogP contribution in [0.4, 0.5) is 11.4 Å². The molecule has 2 aromatic rings. The topological polar surface area (TPSA) is 58.3 Å². The zero-order valence-corrected chi connectivity index (χ0v) is 10.7. The lowest BCUT2D eigenvalue weighted by atomic mass is 10.0. The van der Waals surface area contributed by atoms with Gasteiger partial charge in [-0.3, -0.25) is 0 Å². The van der Waals surface area contributed by atoms with E-state index in [0.717, 1.165) is 11.4 Å². The number of phenols is 1. The van der Waals surface area contributed by atoms with Crippen LogP contribution in [0.2, 0.25) is 0 Å². The highest BCUT2D eigenvalue weighted by atomic mass is 16.3. The van der Waals surface area contributed by atoms with Crippen LogP contribution in [0.25, 0.3) is 0 Å². The van der Waals surface area contributed by atoms with Crippen molar-refractivity contribution in [1.29, 1.82) is 0 Å². The van der Waals surface area contributed by atoms with Crippen molar-refractivity contribution in [2.75, 3.05) is 5.32 Å². The maximum absolute atomic E-state index is 9.26. The van der Waals surface area contributed by atoms with Crippen molar-refractivity contribution in [3.05, 3.63) is 54.1 Å². The Bertz CT molecular complexity index is 561. The molecule has 0 spiro atoms. The van der Waals surface area contributed by atoms with E-state index >= 15 is 0 Å². The van der Waals surface area contributed by atoms with E-state index in [9.17, 15) is 5.11 Å². The summed E-state index contributed by atoms with van der Waals surface area (Å²) in [7, 11) is 0. The van der Waals surface area contributed by atoms with Crippen LogP contribution in [0.3, 0.4) is 0 Å². The Morgan fingerprint density at radius 1 is 1.05 bits per heavy atom. The van der Waals surface area contributed by atoms with E-state index in [0.29, 0.717) is 5.92 Å². The molecular weight excluding hydrogens is 236 g/mol. The van der Waals surface area contributed by atoms with E-state index in [1.54, 1.807) is 12.1 Å². The highest BCUT2D eigenvalue weighted by Crippen LogP contribution is 2.39. The van der Waals surface area contributed by atoms with Gasteiger partial charge >= 0.3 is 0 Å². The standard InChI is InChI=1S/C16H18N2O/c17-16(11-4-5-11)12-2-1-3-14(10-12)18-13-6-8-15(19)9-7-13/h1-3,6-11,16,18-19H,4-5,17H2/t16-/m1/s1. The predicted octanol–water partition coefficient (Wildman–Crippen LogP) is 3.55. The van der Waals surface area contributed by atoms with E-state index in [4.69, 9.17) is 5.73 Å². The van der Waals surface area contributed by atoms with Crippen molar-refractivity contribution in [2.24, 2.45) is 11.7 Å². The van der Waals surface area contributed by atoms with Gasteiger partial charge in [0.2, 0.25) is 0 Å². The molecular formula is C16H18N2O. The molecule has 0 radical (unpaired) electrons. The molecule has 3 rings (SSSR count). The van der Waals surface area contributed by atoms with Crippen LogP contribution < -0.4 is 11.1 Å². The lowest BCUT2D eigenvalue weighted by Gasteiger charge is -2.13. The molecule has 19 heavy (non-hydrogen) atoms. The van der Waals surface area contributed by atoms with Gasteiger partial charge in [0.15, 0.2) is 0 Å². The SMILES string of the molecule is N[C@@H](c1cccc(Nc2ccc(O)cc2)c1)C1CC1. The van der Waals surface area contributed by atoms with Gasteiger partial charge < -0.3 is 16.2 Å². The fourth-order valence-corrected chi connectivity index (χ4v) is 2.26. The van der Waals surface area contributed by atoms with Gasteiger partial charge in [-0.05, 0) is 60.7 Å². The quantitative estimate of drug-likeness (QED) is 0.731. The third kappa shape index (κ3) is 2.88. The average molecular weight is 254 g/mol. The summed E-state index contributed by atoms with van der Waals surface area (Å²) < 4.78 is 0. The smallest absolute Gasteiger partial charge is 0.115 e. The molecule has 0 bridgehead atoms. The fourth-order valence-electron chi connectivity index (χ4n) is 2.26. The summed E-state index contributed by atoms with van der Waals surface area (Å²) in [5.41, 5.74) is 9.39. The number of aromatic hydroxyl groups is 1. The van der Waals surface area contributed by atoms with E-state index in [1.807, 2.05) is 24.3 Å². The summed E-state index contributed by atoms with van der Waals surface area (Å²) >= 11 is 0. The minimum Gasteiger partial charge on any atom is -0.508 e. The maximum Gasteiger partial charge on any atom is 0.115 e. The number of anilines is 2. The average Bonchev–Trinajstić information content (AvgIpc) is 3.25. The van der Waals surface area contributed by atoms with Crippen LogP contribution in [0.5, 0.6) is 5.75 Å². The van der Waals surface area contributed by atoms with Crippen molar-refractivity contribution in [1.82, 2.24) is 0 Å². The Kier molecular flexibility index (Phi) is 3.13. The molecule has 3 heteroatoms. The largest absolute Gasteiger partial charge is 0.508 e. The zero-order valence-electron chi connectivity index (χ0n) is 10.7. The number of nitrogens with one attached hydrogen (secondary N) is 1. The van der Waals surface area contributed by atoms with Crippen LogP contribution in [-0.4, -0.2) is 5.11 Å². The van der Waals surface area contributed by atoms with Crippen LogP contribution in [0.15, 0.2) is 48.5 Å². The number of hydrogen-bond donors (Lipinski definition) is 3. The second-order valence-electron chi connectivity index (χ2n) is 5.16. The molecule has 0 saturated heterocycles. The normalized spacial score (nSPS) is 16.1. The van der Waals surface area contributed by atoms with E-state index in [-0.39, 0.29) is 11.8 Å². The first-order chi connectivity index (χ1) is 9.22. The molecule has 2 aromatic carbocycles. The molecule has 1 aliphatic rings.